The lowest BCUT2D eigenvalue weighted by Crippen LogP contribution is -2.50. The van der Waals surface area contributed by atoms with Crippen molar-refractivity contribution in [1.82, 2.24) is 0 Å². The highest BCUT2D eigenvalue weighted by Gasteiger charge is 2.59. The first-order valence-corrected chi connectivity index (χ1v) is 18.0. The monoisotopic (exact) mass is 572 g/mol. The molecule has 0 aromatic heterocycles. The molecule has 12 unspecified atom stereocenters. The van der Waals surface area contributed by atoms with E-state index < -0.39 is 0 Å². The van der Waals surface area contributed by atoms with Gasteiger partial charge in [0.1, 0.15) is 0 Å². The lowest BCUT2D eigenvalue weighted by molar-refractivity contribution is -0.0212. The molecule has 0 aromatic rings. The first-order chi connectivity index (χ1) is 20.1. The maximum absolute atomic E-state index is 10.4. The Kier molecular flexibility index (Phi) is 6.47. The van der Waals surface area contributed by atoms with Crippen molar-refractivity contribution in [2.24, 2.45) is 67.4 Å². The molecule has 2 N–H and O–H groups in total. The number of aliphatic hydroxyl groups excluding tert-OH is 2. The summed E-state index contributed by atoms with van der Waals surface area (Å²) in [5.74, 6) is 4.55. The average molecular weight is 573 g/mol. The summed E-state index contributed by atoms with van der Waals surface area (Å²) < 4.78 is 0. The van der Waals surface area contributed by atoms with E-state index >= 15 is 0 Å². The van der Waals surface area contributed by atoms with Crippen molar-refractivity contribution in [1.29, 1.82) is 0 Å². The van der Waals surface area contributed by atoms with Crippen molar-refractivity contribution in [2.45, 2.75) is 143 Å². The fourth-order valence-corrected chi connectivity index (χ4v) is 13.3. The Morgan fingerprint density at radius 2 is 0.929 bits per heavy atom. The van der Waals surface area contributed by atoms with E-state index in [9.17, 15) is 10.2 Å². The van der Waals surface area contributed by atoms with Crippen LogP contribution in [0.2, 0.25) is 0 Å². The normalized spacial score (nSPS) is 55.1. The van der Waals surface area contributed by atoms with Crippen LogP contribution in [0.5, 0.6) is 0 Å². The molecule has 6 saturated carbocycles. The van der Waals surface area contributed by atoms with Gasteiger partial charge in [0.05, 0.1) is 12.2 Å². The maximum Gasteiger partial charge on any atom is 0.0577 e. The van der Waals surface area contributed by atoms with E-state index in [1.165, 1.54) is 75.6 Å². The number of fused-ring (bicyclic) bond motifs is 10. The third-order valence-corrected chi connectivity index (χ3v) is 15.9. The average Bonchev–Trinajstić information content (AvgIpc) is 3.48. The van der Waals surface area contributed by atoms with E-state index in [0.717, 1.165) is 74.0 Å². The van der Waals surface area contributed by atoms with E-state index in [4.69, 9.17) is 10.2 Å². The van der Waals surface area contributed by atoms with Crippen LogP contribution in [0.3, 0.4) is 0 Å². The predicted molar refractivity (Wildman–Crippen MR) is 170 cm³/mol. The molecule has 42 heavy (non-hydrogen) atoms. The van der Waals surface area contributed by atoms with Crippen molar-refractivity contribution in [3.8, 4) is 0 Å². The minimum Gasteiger partial charge on any atom is -0.393 e. The van der Waals surface area contributed by atoms with Crippen molar-refractivity contribution < 1.29 is 10.2 Å². The van der Waals surface area contributed by atoms with E-state index in [1.807, 2.05) is 0 Å². The molecule has 0 saturated heterocycles. The molecular weight excluding hydrogens is 516 g/mol. The van der Waals surface area contributed by atoms with Gasteiger partial charge in [0.25, 0.3) is 0 Å². The molecule has 0 aromatic carbocycles. The van der Waals surface area contributed by atoms with Gasteiger partial charge >= 0.3 is 0 Å². The number of nitrogens with zero attached hydrogens (tertiary/aromatic N) is 2. The minimum atomic E-state index is -0.123. The molecule has 0 amide bonds. The molecule has 0 bridgehead atoms. The standard InChI is InChI=1S/C38H56N2O2/c1-35-17-13-25(41)21-23(35)5-7-27-29-9-11-33(37(29,3)19-15-31(27)35)39-40-34-12-10-30-28-8-6-24-22-26(42)14-18-36(24,2)32(28)16-20-38(30,34)4/h5-6,25-32,41-42H,7-22H2,1-4H3. The van der Waals surface area contributed by atoms with Crippen LogP contribution < -0.4 is 0 Å². The summed E-state index contributed by atoms with van der Waals surface area (Å²) >= 11 is 0. The van der Waals surface area contributed by atoms with Crippen molar-refractivity contribution in [3.63, 3.8) is 0 Å². The van der Waals surface area contributed by atoms with Gasteiger partial charge in [0.15, 0.2) is 0 Å². The highest BCUT2D eigenvalue weighted by molar-refractivity contribution is 5.95. The summed E-state index contributed by atoms with van der Waals surface area (Å²) in [6.45, 7) is 10.2. The molecule has 6 fully saturated rings. The second-order valence-electron chi connectivity index (χ2n) is 17.4. The summed E-state index contributed by atoms with van der Waals surface area (Å²) in [6, 6.07) is 0. The summed E-state index contributed by atoms with van der Waals surface area (Å²) in [7, 11) is 0. The fourth-order valence-electron chi connectivity index (χ4n) is 13.3. The lowest BCUT2D eigenvalue weighted by Gasteiger charge is -2.57. The molecule has 0 heterocycles. The van der Waals surface area contributed by atoms with Crippen molar-refractivity contribution >= 4 is 11.4 Å². The zero-order valence-corrected chi connectivity index (χ0v) is 26.9. The molecule has 12 atom stereocenters. The van der Waals surface area contributed by atoms with Gasteiger partial charge in [-0.3, -0.25) is 0 Å². The second-order valence-corrected chi connectivity index (χ2v) is 17.4. The van der Waals surface area contributed by atoms with E-state index in [1.54, 1.807) is 11.1 Å². The van der Waals surface area contributed by atoms with Gasteiger partial charge < -0.3 is 10.2 Å². The van der Waals surface area contributed by atoms with Crippen molar-refractivity contribution in [3.05, 3.63) is 23.3 Å². The number of hydrogen-bond donors (Lipinski definition) is 2. The Hall–Kier alpha value is -1.26. The summed E-state index contributed by atoms with van der Waals surface area (Å²) in [5.41, 5.74) is 7.00. The van der Waals surface area contributed by atoms with Gasteiger partial charge in [-0.2, -0.15) is 10.2 Å². The number of allylic oxidation sites excluding steroid dienone is 2. The molecule has 0 aliphatic heterocycles. The predicted octanol–water partition coefficient (Wildman–Crippen LogP) is 8.43. The first kappa shape index (κ1) is 28.2. The Balaban J connectivity index is 1.03. The maximum atomic E-state index is 10.4. The molecule has 230 valence electrons. The van der Waals surface area contributed by atoms with E-state index in [2.05, 4.69) is 39.8 Å². The zero-order valence-electron chi connectivity index (χ0n) is 26.9. The van der Waals surface area contributed by atoms with Crippen molar-refractivity contribution in [2.75, 3.05) is 0 Å². The number of aliphatic hydroxyl groups is 2. The molecule has 4 nitrogen and oxygen atoms in total. The van der Waals surface area contributed by atoms with Crippen LogP contribution in [-0.4, -0.2) is 33.8 Å². The molecular formula is C38H56N2O2. The second kappa shape index (κ2) is 9.62. The van der Waals surface area contributed by atoms with Crippen LogP contribution in [0, 0.1) is 57.2 Å². The minimum absolute atomic E-state index is 0.123. The van der Waals surface area contributed by atoms with Crippen LogP contribution in [0.15, 0.2) is 33.5 Å². The van der Waals surface area contributed by atoms with Gasteiger partial charge in [-0.1, -0.05) is 51.0 Å². The van der Waals surface area contributed by atoms with Crippen LogP contribution >= 0.6 is 0 Å². The fraction of sp³-hybridized carbons (Fsp3) is 0.842. The Morgan fingerprint density at radius 1 is 0.548 bits per heavy atom. The SMILES string of the molecule is CC12CCC(O)CC1=CCC1C2CCC2(C)C(=NN=C3CCC4C5CC=C6CC(O)CCC6(C)C5CCC34C)CCC12. The largest absolute Gasteiger partial charge is 0.393 e. The Bertz CT molecular complexity index is 1170. The quantitative estimate of drug-likeness (QED) is 0.245. The molecule has 8 aliphatic carbocycles. The highest BCUT2D eigenvalue weighted by Crippen LogP contribution is 2.66. The Labute approximate surface area is 254 Å². The summed E-state index contributed by atoms with van der Waals surface area (Å²) in [6.07, 6.45) is 23.4. The smallest absolute Gasteiger partial charge is 0.0577 e. The highest BCUT2D eigenvalue weighted by atomic mass is 16.3. The topological polar surface area (TPSA) is 65.2 Å². The van der Waals surface area contributed by atoms with Crippen LogP contribution in [0.25, 0.3) is 0 Å². The molecule has 8 rings (SSSR count). The third-order valence-electron chi connectivity index (χ3n) is 15.9. The van der Waals surface area contributed by atoms with E-state index in [0.29, 0.717) is 10.8 Å². The number of hydrogen-bond acceptors (Lipinski definition) is 4. The summed E-state index contributed by atoms with van der Waals surface area (Å²) in [4.78, 5) is 0. The van der Waals surface area contributed by atoms with Gasteiger partial charge in [0.2, 0.25) is 0 Å². The van der Waals surface area contributed by atoms with Gasteiger partial charge in [-0.15, -0.1) is 0 Å². The zero-order chi connectivity index (χ0) is 29.1. The third kappa shape index (κ3) is 3.85. The van der Waals surface area contributed by atoms with Crippen LogP contribution in [-0.2, 0) is 0 Å². The van der Waals surface area contributed by atoms with E-state index in [-0.39, 0.29) is 23.0 Å². The molecule has 0 spiro atoms. The van der Waals surface area contributed by atoms with Gasteiger partial charge in [0, 0.05) is 22.3 Å². The Morgan fingerprint density at radius 3 is 1.36 bits per heavy atom. The first-order valence-electron chi connectivity index (χ1n) is 18.0. The number of rotatable bonds is 1. The molecule has 4 heteroatoms. The van der Waals surface area contributed by atoms with Gasteiger partial charge in [-0.25, -0.2) is 0 Å². The van der Waals surface area contributed by atoms with Crippen LogP contribution in [0.4, 0.5) is 0 Å². The van der Waals surface area contributed by atoms with Gasteiger partial charge in [-0.05, 0) is 149 Å². The summed E-state index contributed by atoms with van der Waals surface area (Å²) in [5, 5.41) is 31.2. The van der Waals surface area contributed by atoms with Crippen LogP contribution in [0.1, 0.15) is 130 Å². The molecule has 0 radical (unpaired) electrons. The molecule has 8 aliphatic rings. The lowest BCUT2D eigenvalue weighted by atomic mass is 9.48.